The normalized spacial score (nSPS) is 18.7. The van der Waals surface area contributed by atoms with Crippen molar-refractivity contribution in [1.29, 1.82) is 0 Å². The zero-order chi connectivity index (χ0) is 7.23. The van der Waals surface area contributed by atoms with Gasteiger partial charge in [0.25, 0.3) is 0 Å². The summed E-state index contributed by atoms with van der Waals surface area (Å²) >= 11 is 0. The molecule has 0 amide bonds. The molecule has 0 spiro atoms. The first-order valence-electron chi connectivity index (χ1n) is 4.26. The minimum atomic E-state index is 1.14. The Bertz CT molecular complexity index is 116. The van der Waals surface area contributed by atoms with E-state index in [0.717, 1.165) is 6.54 Å². The van der Waals surface area contributed by atoms with Crippen LogP contribution < -0.4 is 5.32 Å². The van der Waals surface area contributed by atoms with Crippen molar-refractivity contribution in [2.24, 2.45) is 0 Å². The molecule has 0 atom stereocenters. The van der Waals surface area contributed by atoms with Crippen LogP contribution >= 0.6 is 0 Å². The molecule has 0 aliphatic heterocycles. The summed E-state index contributed by atoms with van der Waals surface area (Å²) < 4.78 is 0. The van der Waals surface area contributed by atoms with Gasteiger partial charge >= 0.3 is 0 Å². The fourth-order valence-electron chi connectivity index (χ4n) is 1.42. The van der Waals surface area contributed by atoms with Crippen molar-refractivity contribution >= 4 is 0 Å². The van der Waals surface area contributed by atoms with Crippen molar-refractivity contribution in [3.63, 3.8) is 0 Å². The van der Waals surface area contributed by atoms with Gasteiger partial charge in [-0.2, -0.15) is 0 Å². The van der Waals surface area contributed by atoms with Gasteiger partial charge in [0.1, 0.15) is 0 Å². The number of allylic oxidation sites excluding steroid dienone is 1. The van der Waals surface area contributed by atoms with E-state index >= 15 is 0 Å². The molecule has 1 N–H and O–H groups in total. The van der Waals surface area contributed by atoms with E-state index in [1.54, 1.807) is 5.57 Å². The first-order valence-corrected chi connectivity index (χ1v) is 4.26. The van der Waals surface area contributed by atoms with Gasteiger partial charge < -0.3 is 5.32 Å². The molecular weight excluding hydrogens is 122 g/mol. The minimum absolute atomic E-state index is 1.14. The lowest BCUT2D eigenvalue weighted by Crippen LogP contribution is -2.09. The van der Waals surface area contributed by atoms with Crippen molar-refractivity contribution in [2.45, 2.75) is 32.1 Å². The quantitative estimate of drug-likeness (QED) is 0.590. The van der Waals surface area contributed by atoms with E-state index in [9.17, 15) is 0 Å². The number of hydrogen-bond donors (Lipinski definition) is 1. The van der Waals surface area contributed by atoms with Gasteiger partial charge in [-0.15, -0.1) is 0 Å². The van der Waals surface area contributed by atoms with Crippen LogP contribution in [-0.2, 0) is 0 Å². The monoisotopic (exact) mass is 139 g/mol. The molecule has 1 aliphatic rings. The molecule has 0 radical (unpaired) electrons. The maximum atomic E-state index is 3.17. The van der Waals surface area contributed by atoms with Crippen molar-refractivity contribution in [1.82, 2.24) is 5.32 Å². The standard InChI is InChI=1S/C9H17N/c1-10-8-7-9-5-3-2-4-6-9/h5,10H,2-4,6-8H2,1H3. The molecule has 0 fully saturated rings. The van der Waals surface area contributed by atoms with Crippen molar-refractivity contribution in [3.05, 3.63) is 11.6 Å². The maximum absolute atomic E-state index is 3.17. The molecular formula is C9H17N. The molecule has 0 aromatic heterocycles. The van der Waals surface area contributed by atoms with Crippen LogP contribution in [0, 0.1) is 0 Å². The van der Waals surface area contributed by atoms with E-state index in [1.165, 1.54) is 32.1 Å². The summed E-state index contributed by atoms with van der Waals surface area (Å²) in [7, 11) is 2.02. The van der Waals surface area contributed by atoms with Crippen LogP contribution in [0.1, 0.15) is 32.1 Å². The third kappa shape index (κ3) is 2.53. The van der Waals surface area contributed by atoms with Gasteiger partial charge in [-0.1, -0.05) is 11.6 Å². The average Bonchev–Trinajstić information content (AvgIpc) is 2.03. The Morgan fingerprint density at radius 1 is 1.50 bits per heavy atom. The topological polar surface area (TPSA) is 12.0 Å². The zero-order valence-electron chi connectivity index (χ0n) is 6.82. The van der Waals surface area contributed by atoms with Gasteiger partial charge in [0, 0.05) is 0 Å². The van der Waals surface area contributed by atoms with Crippen LogP contribution in [0.25, 0.3) is 0 Å². The summed E-state index contributed by atoms with van der Waals surface area (Å²) in [6, 6.07) is 0. The Kier molecular flexibility index (Phi) is 3.52. The highest BCUT2D eigenvalue weighted by Crippen LogP contribution is 2.19. The summed E-state index contributed by atoms with van der Waals surface area (Å²) in [5.74, 6) is 0. The summed E-state index contributed by atoms with van der Waals surface area (Å²) in [6.07, 6.45) is 9.16. The SMILES string of the molecule is CNCCC1=CCCCC1. The highest BCUT2D eigenvalue weighted by Gasteiger charge is 2.01. The molecule has 0 heterocycles. The summed E-state index contributed by atoms with van der Waals surface area (Å²) in [6.45, 7) is 1.14. The largest absolute Gasteiger partial charge is 0.319 e. The van der Waals surface area contributed by atoms with Crippen LogP contribution in [0.15, 0.2) is 11.6 Å². The maximum Gasteiger partial charge on any atom is -0.00146 e. The van der Waals surface area contributed by atoms with Crippen LogP contribution in [0.2, 0.25) is 0 Å². The third-order valence-corrected chi connectivity index (χ3v) is 2.08. The molecule has 58 valence electrons. The van der Waals surface area contributed by atoms with E-state index in [2.05, 4.69) is 11.4 Å². The molecule has 1 nitrogen and oxygen atoms in total. The Hall–Kier alpha value is -0.300. The zero-order valence-corrected chi connectivity index (χ0v) is 6.82. The summed E-state index contributed by atoms with van der Waals surface area (Å²) in [4.78, 5) is 0. The van der Waals surface area contributed by atoms with Crippen LogP contribution in [0.5, 0.6) is 0 Å². The van der Waals surface area contributed by atoms with Gasteiger partial charge in [-0.3, -0.25) is 0 Å². The van der Waals surface area contributed by atoms with Gasteiger partial charge in [0.2, 0.25) is 0 Å². The first-order chi connectivity index (χ1) is 4.93. The molecule has 1 rings (SSSR count). The van der Waals surface area contributed by atoms with E-state index in [0.29, 0.717) is 0 Å². The van der Waals surface area contributed by atoms with E-state index in [-0.39, 0.29) is 0 Å². The lowest BCUT2D eigenvalue weighted by molar-refractivity contribution is 0.659. The lowest BCUT2D eigenvalue weighted by Gasteiger charge is -2.11. The van der Waals surface area contributed by atoms with Gasteiger partial charge in [0.15, 0.2) is 0 Å². The van der Waals surface area contributed by atoms with Gasteiger partial charge in [0.05, 0.1) is 0 Å². The van der Waals surface area contributed by atoms with Gasteiger partial charge in [-0.05, 0) is 45.7 Å². The Morgan fingerprint density at radius 3 is 3.00 bits per heavy atom. The van der Waals surface area contributed by atoms with Crippen molar-refractivity contribution < 1.29 is 0 Å². The second-order valence-electron chi connectivity index (χ2n) is 2.96. The second kappa shape index (κ2) is 4.51. The Morgan fingerprint density at radius 2 is 2.40 bits per heavy atom. The van der Waals surface area contributed by atoms with Crippen molar-refractivity contribution in [2.75, 3.05) is 13.6 Å². The summed E-state index contributed by atoms with van der Waals surface area (Å²) in [5.41, 5.74) is 1.67. The van der Waals surface area contributed by atoms with Crippen LogP contribution in [0.4, 0.5) is 0 Å². The molecule has 0 saturated carbocycles. The van der Waals surface area contributed by atoms with E-state index in [4.69, 9.17) is 0 Å². The molecule has 0 saturated heterocycles. The Labute approximate surface area is 63.5 Å². The molecule has 0 unspecified atom stereocenters. The Balaban J connectivity index is 2.18. The van der Waals surface area contributed by atoms with E-state index in [1.807, 2.05) is 7.05 Å². The predicted octanol–water partition coefficient (Wildman–Crippen LogP) is 2.10. The average molecular weight is 139 g/mol. The van der Waals surface area contributed by atoms with E-state index < -0.39 is 0 Å². The molecule has 0 aromatic rings. The highest BCUT2D eigenvalue weighted by molar-refractivity contribution is 5.04. The van der Waals surface area contributed by atoms with Crippen LogP contribution in [0.3, 0.4) is 0 Å². The number of nitrogens with one attached hydrogen (secondary N) is 1. The molecule has 0 bridgehead atoms. The fourth-order valence-corrected chi connectivity index (χ4v) is 1.42. The third-order valence-electron chi connectivity index (χ3n) is 2.08. The first kappa shape index (κ1) is 7.80. The summed E-state index contributed by atoms with van der Waals surface area (Å²) in [5, 5.41) is 3.17. The number of hydrogen-bond acceptors (Lipinski definition) is 1. The molecule has 1 heteroatoms. The number of rotatable bonds is 3. The second-order valence-corrected chi connectivity index (χ2v) is 2.96. The predicted molar refractivity (Wildman–Crippen MR) is 45.1 cm³/mol. The van der Waals surface area contributed by atoms with Gasteiger partial charge in [-0.25, -0.2) is 0 Å². The molecule has 10 heavy (non-hydrogen) atoms. The molecule has 0 aromatic carbocycles. The van der Waals surface area contributed by atoms with Crippen molar-refractivity contribution in [3.8, 4) is 0 Å². The smallest absolute Gasteiger partial charge is 0.00146 e. The highest BCUT2D eigenvalue weighted by atomic mass is 14.8. The fraction of sp³-hybridized carbons (Fsp3) is 0.778. The van der Waals surface area contributed by atoms with Crippen LogP contribution in [-0.4, -0.2) is 13.6 Å². The molecule has 1 aliphatic carbocycles. The minimum Gasteiger partial charge on any atom is -0.319 e. The lowest BCUT2D eigenvalue weighted by atomic mass is 9.97.